The summed E-state index contributed by atoms with van der Waals surface area (Å²) in [6.07, 6.45) is 2.31. The number of hydrogen-bond acceptors (Lipinski definition) is 6. The number of anilines is 1. The maximum Gasteiger partial charge on any atom is 0.243 e. The Kier molecular flexibility index (Phi) is 4.49. The highest BCUT2D eigenvalue weighted by Crippen LogP contribution is 2.08. The SMILES string of the molecule is Nc1ncc(S(=O)(=O)NCCOc2ccccc2)cn1. The van der Waals surface area contributed by atoms with Gasteiger partial charge in [-0.15, -0.1) is 0 Å². The van der Waals surface area contributed by atoms with Crippen molar-refractivity contribution in [2.75, 3.05) is 18.9 Å². The van der Waals surface area contributed by atoms with E-state index in [2.05, 4.69) is 14.7 Å². The van der Waals surface area contributed by atoms with E-state index < -0.39 is 10.0 Å². The summed E-state index contributed by atoms with van der Waals surface area (Å²) in [5.41, 5.74) is 5.30. The Balaban J connectivity index is 1.85. The van der Waals surface area contributed by atoms with E-state index >= 15 is 0 Å². The predicted octanol–water partition coefficient (Wildman–Crippen LogP) is 0.416. The molecule has 0 aliphatic heterocycles. The first kappa shape index (κ1) is 14.2. The summed E-state index contributed by atoms with van der Waals surface area (Å²) in [4.78, 5) is 7.24. The van der Waals surface area contributed by atoms with Gasteiger partial charge in [-0.1, -0.05) is 18.2 Å². The topological polar surface area (TPSA) is 107 Å². The molecular formula is C12H14N4O3S. The van der Waals surface area contributed by atoms with Gasteiger partial charge >= 0.3 is 0 Å². The second-order valence-electron chi connectivity index (χ2n) is 3.84. The molecule has 1 heterocycles. The monoisotopic (exact) mass is 294 g/mol. The van der Waals surface area contributed by atoms with Crippen molar-refractivity contribution >= 4 is 16.0 Å². The molecule has 0 radical (unpaired) electrons. The molecule has 0 fully saturated rings. The summed E-state index contributed by atoms with van der Waals surface area (Å²) in [5.74, 6) is 0.707. The lowest BCUT2D eigenvalue weighted by Crippen LogP contribution is -2.28. The third-order valence-corrected chi connectivity index (χ3v) is 3.78. The Morgan fingerprint density at radius 3 is 2.45 bits per heavy atom. The number of nitrogens with zero attached hydrogens (tertiary/aromatic N) is 2. The number of sulfonamides is 1. The van der Waals surface area contributed by atoms with Gasteiger partial charge in [0, 0.05) is 6.54 Å². The average Bonchev–Trinajstić information content (AvgIpc) is 2.45. The number of rotatable bonds is 6. The lowest BCUT2D eigenvalue weighted by atomic mass is 10.3. The highest BCUT2D eigenvalue weighted by molar-refractivity contribution is 7.89. The molecule has 7 nitrogen and oxygen atoms in total. The van der Waals surface area contributed by atoms with Gasteiger partial charge in [-0.3, -0.25) is 0 Å². The molecular weight excluding hydrogens is 280 g/mol. The second kappa shape index (κ2) is 6.31. The first-order valence-electron chi connectivity index (χ1n) is 5.83. The van der Waals surface area contributed by atoms with Gasteiger partial charge in [-0.05, 0) is 12.1 Å². The molecule has 20 heavy (non-hydrogen) atoms. The van der Waals surface area contributed by atoms with Crippen molar-refractivity contribution in [2.45, 2.75) is 4.90 Å². The normalized spacial score (nSPS) is 11.2. The zero-order valence-corrected chi connectivity index (χ0v) is 11.4. The Bertz CT molecular complexity index is 644. The van der Waals surface area contributed by atoms with Crippen molar-refractivity contribution < 1.29 is 13.2 Å². The summed E-state index contributed by atoms with van der Waals surface area (Å²) in [6.45, 7) is 0.362. The molecule has 0 atom stereocenters. The summed E-state index contributed by atoms with van der Waals surface area (Å²) in [5, 5.41) is 0. The lowest BCUT2D eigenvalue weighted by molar-refractivity contribution is 0.323. The van der Waals surface area contributed by atoms with Gasteiger partial charge in [0.1, 0.15) is 17.3 Å². The Morgan fingerprint density at radius 2 is 1.80 bits per heavy atom. The van der Waals surface area contributed by atoms with E-state index in [-0.39, 0.29) is 24.0 Å². The molecule has 0 amide bonds. The molecule has 0 spiro atoms. The lowest BCUT2D eigenvalue weighted by Gasteiger charge is -2.08. The van der Waals surface area contributed by atoms with E-state index in [0.29, 0.717) is 5.75 Å². The minimum absolute atomic E-state index is 0.0244. The standard InChI is InChI=1S/C12H14N4O3S/c13-12-14-8-11(9-15-12)20(17,18)16-6-7-19-10-4-2-1-3-5-10/h1-5,8-9,16H,6-7H2,(H2,13,14,15). The van der Waals surface area contributed by atoms with E-state index in [1.807, 2.05) is 18.2 Å². The van der Waals surface area contributed by atoms with E-state index in [1.54, 1.807) is 12.1 Å². The zero-order valence-electron chi connectivity index (χ0n) is 10.6. The van der Waals surface area contributed by atoms with Crippen LogP contribution in [0.4, 0.5) is 5.95 Å². The summed E-state index contributed by atoms with van der Waals surface area (Å²) in [6, 6.07) is 9.14. The molecule has 0 aliphatic carbocycles. The van der Waals surface area contributed by atoms with Crippen LogP contribution in [0.3, 0.4) is 0 Å². The minimum atomic E-state index is -3.64. The highest BCUT2D eigenvalue weighted by atomic mass is 32.2. The van der Waals surface area contributed by atoms with Crippen LogP contribution in [0.15, 0.2) is 47.6 Å². The second-order valence-corrected chi connectivity index (χ2v) is 5.60. The maximum absolute atomic E-state index is 11.9. The van der Waals surface area contributed by atoms with Crippen molar-refractivity contribution in [3.8, 4) is 5.75 Å². The largest absolute Gasteiger partial charge is 0.492 e. The highest BCUT2D eigenvalue weighted by Gasteiger charge is 2.14. The average molecular weight is 294 g/mol. The quantitative estimate of drug-likeness (QED) is 0.747. The molecule has 1 aromatic carbocycles. The molecule has 2 aromatic rings. The van der Waals surface area contributed by atoms with Crippen molar-refractivity contribution in [3.05, 3.63) is 42.7 Å². The number of nitrogen functional groups attached to an aromatic ring is 1. The Labute approximate surface area is 116 Å². The molecule has 0 unspecified atom stereocenters. The fourth-order valence-electron chi connectivity index (χ4n) is 1.41. The fraction of sp³-hybridized carbons (Fsp3) is 0.167. The fourth-order valence-corrected chi connectivity index (χ4v) is 2.31. The number of hydrogen-bond donors (Lipinski definition) is 2. The van der Waals surface area contributed by atoms with Crippen LogP contribution in [0, 0.1) is 0 Å². The number of para-hydroxylation sites is 1. The van der Waals surface area contributed by atoms with Gasteiger partial charge in [-0.25, -0.2) is 23.1 Å². The first-order valence-corrected chi connectivity index (χ1v) is 7.31. The van der Waals surface area contributed by atoms with Gasteiger partial charge in [-0.2, -0.15) is 0 Å². The Hall–Kier alpha value is -2.19. The van der Waals surface area contributed by atoms with Gasteiger partial charge in [0.2, 0.25) is 16.0 Å². The van der Waals surface area contributed by atoms with Crippen molar-refractivity contribution in [2.24, 2.45) is 0 Å². The minimum Gasteiger partial charge on any atom is -0.492 e. The number of benzene rings is 1. The van der Waals surface area contributed by atoms with Gasteiger partial charge in [0.25, 0.3) is 0 Å². The number of nitrogens with one attached hydrogen (secondary N) is 1. The van der Waals surface area contributed by atoms with E-state index in [1.165, 1.54) is 0 Å². The van der Waals surface area contributed by atoms with Crippen molar-refractivity contribution in [1.29, 1.82) is 0 Å². The van der Waals surface area contributed by atoms with Crippen molar-refractivity contribution in [1.82, 2.24) is 14.7 Å². The van der Waals surface area contributed by atoms with Crippen LogP contribution < -0.4 is 15.2 Å². The maximum atomic E-state index is 11.9. The number of nitrogens with two attached hydrogens (primary N) is 1. The van der Waals surface area contributed by atoms with Crippen LogP contribution in [-0.4, -0.2) is 31.5 Å². The molecule has 0 saturated carbocycles. The van der Waals surface area contributed by atoms with Crippen LogP contribution in [0.25, 0.3) is 0 Å². The predicted molar refractivity (Wildman–Crippen MR) is 73.6 cm³/mol. The summed E-state index contributed by atoms with van der Waals surface area (Å²) < 4.78 is 31.5. The van der Waals surface area contributed by atoms with Crippen LogP contribution >= 0.6 is 0 Å². The van der Waals surface area contributed by atoms with Gasteiger partial charge in [0.05, 0.1) is 12.4 Å². The molecule has 3 N–H and O–H groups in total. The number of ether oxygens (including phenoxy) is 1. The molecule has 1 aromatic heterocycles. The summed E-state index contributed by atoms with van der Waals surface area (Å²) >= 11 is 0. The van der Waals surface area contributed by atoms with Crippen molar-refractivity contribution in [3.63, 3.8) is 0 Å². The molecule has 0 aliphatic rings. The van der Waals surface area contributed by atoms with Gasteiger partial charge < -0.3 is 10.5 Å². The molecule has 0 bridgehead atoms. The van der Waals surface area contributed by atoms with E-state index in [0.717, 1.165) is 12.4 Å². The summed E-state index contributed by atoms with van der Waals surface area (Å²) in [7, 11) is -3.64. The van der Waals surface area contributed by atoms with Crippen LogP contribution in [0.5, 0.6) is 5.75 Å². The van der Waals surface area contributed by atoms with E-state index in [9.17, 15) is 8.42 Å². The van der Waals surface area contributed by atoms with Crippen LogP contribution in [-0.2, 0) is 10.0 Å². The molecule has 8 heteroatoms. The van der Waals surface area contributed by atoms with E-state index in [4.69, 9.17) is 10.5 Å². The first-order chi connectivity index (χ1) is 9.58. The Morgan fingerprint density at radius 1 is 1.15 bits per heavy atom. The zero-order chi connectivity index (χ0) is 14.4. The van der Waals surface area contributed by atoms with Gasteiger partial charge in [0.15, 0.2) is 0 Å². The smallest absolute Gasteiger partial charge is 0.243 e. The third-order valence-electron chi connectivity index (χ3n) is 2.36. The third kappa shape index (κ3) is 3.90. The van der Waals surface area contributed by atoms with Crippen LogP contribution in [0.2, 0.25) is 0 Å². The van der Waals surface area contributed by atoms with Crippen LogP contribution in [0.1, 0.15) is 0 Å². The molecule has 106 valence electrons. The molecule has 0 saturated heterocycles. The number of aromatic nitrogens is 2. The molecule has 2 rings (SSSR count).